The molecule has 0 spiro atoms. The Bertz CT molecular complexity index is 315. The molecule has 0 aliphatic rings. The van der Waals surface area contributed by atoms with Gasteiger partial charge in [-0.15, -0.1) is 12.4 Å². The molecule has 0 aliphatic carbocycles. The molecule has 2 N–H and O–H groups in total. The number of anilines is 1. The van der Waals surface area contributed by atoms with Crippen molar-refractivity contribution in [1.82, 2.24) is 0 Å². The predicted octanol–water partition coefficient (Wildman–Crippen LogP) is 2.13. The summed E-state index contributed by atoms with van der Waals surface area (Å²) in [4.78, 5) is 11.0. The summed E-state index contributed by atoms with van der Waals surface area (Å²) < 4.78 is 4.49. The number of hydrogen-bond acceptors (Lipinski definition) is 3. The first-order valence-corrected chi connectivity index (χ1v) is 3.66. The van der Waals surface area contributed by atoms with E-state index in [-0.39, 0.29) is 12.4 Å². The summed E-state index contributed by atoms with van der Waals surface area (Å²) in [5, 5.41) is 0.307. The highest BCUT2D eigenvalue weighted by molar-refractivity contribution is 6.33. The number of hydrogen-bond donors (Lipinski definition) is 1. The van der Waals surface area contributed by atoms with Gasteiger partial charge >= 0.3 is 5.97 Å². The average molecular weight is 222 g/mol. The molecule has 0 fully saturated rings. The zero-order chi connectivity index (χ0) is 9.14. The van der Waals surface area contributed by atoms with E-state index in [2.05, 4.69) is 4.74 Å². The fraction of sp³-hybridized carbons (Fsp3) is 0.125. The molecule has 72 valence electrons. The van der Waals surface area contributed by atoms with Crippen LogP contribution in [0, 0.1) is 0 Å². The van der Waals surface area contributed by atoms with E-state index < -0.39 is 5.97 Å². The molecule has 13 heavy (non-hydrogen) atoms. The molecule has 3 nitrogen and oxygen atoms in total. The maximum atomic E-state index is 11.0. The van der Waals surface area contributed by atoms with Crippen molar-refractivity contribution in [1.29, 1.82) is 0 Å². The minimum absolute atomic E-state index is 0. The number of nitrogens with two attached hydrogens (primary N) is 1. The standard InChI is InChI=1S/C8H8ClNO2.ClH/c1-12-8(11)6-3-2-5(10)4-7(6)9;/h2-4H,10H2,1H3;1H. The van der Waals surface area contributed by atoms with Gasteiger partial charge in [0, 0.05) is 5.69 Å². The van der Waals surface area contributed by atoms with Gasteiger partial charge in [0.05, 0.1) is 17.7 Å². The van der Waals surface area contributed by atoms with Crippen LogP contribution in [0.15, 0.2) is 18.2 Å². The topological polar surface area (TPSA) is 52.3 Å². The summed E-state index contributed by atoms with van der Waals surface area (Å²) >= 11 is 5.72. The average Bonchev–Trinajstić information content (AvgIpc) is 2.03. The number of carbonyl (C=O) groups excluding carboxylic acids is 1. The molecule has 1 rings (SSSR count). The molecule has 0 aliphatic heterocycles. The third-order valence-corrected chi connectivity index (χ3v) is 1.71. The van der Waals surface area contributed by atoms with Crippen LogP contribution < -0.4 is 5.73 Å². The van der Waals surface area contributed by atoms with Crippen LogP contribution in [0.5, 0.6) is 0 Å². The normalized spacial score (nSPS) is 8.77. The van der Waals surface area contributed by atoms with Gasteiger partial charge in [-0.3, -0.25) is 0 Å². The highest BCUT2D eigenvalue weighted by Crippen LogP contribution is 2.19. The lowest BCUT2D eigenvalue weighted by Crippen LogP contribution is -2.02. The first-order valence-electron chi connectivity index (χ1n) is 3.28. The lowest BCUT2D eigenvalue weighted by Gasteiger charge is -2.01. The third kappa shape index (κ3) is 2.79. The zero-order valence-electron chi connectivity index (χ0n) is 6.91. The fourth-order valence-corrected chi connectivity index (χ4v) is 1.07. The first-order chi connectivity index (χ1) is 5.65. The summed E-state index contributed by atoms with van der Waals surface area (Å²) in [5.41, 5.74) is 6.28. The monoisotopic (exact) mass is 221 g/mol. The summed E-state index contributed by atoms with van der Waals surface area (Å²) in [6, 6.07) is 4.63. The minimum atomic E-state index is -0.458. The van der Waals surface area contributed by atoms with Crippen LogP contribution >= 0.6 is 24.0 Å². The van der Waals surface area contributed by atoms with Crippen LogP contribution in [0.25, 0.3) is 0 Å². The van der Waals surface area contributed by atoms with Crippen molar-refractivity contribution in [3.63, 3.8) is 0 Å². The quantitative estimate of drug-likeness (QED) is 0.584. The zero-order valence-corrected chi connectivity index (χ0v) is 8.48. The van der Waals surface area contributed by atoms with Crippen molar-refractivity contribution in [2.45, 2.75) is 0 Å². The van der Waals surface area contributed by atoms with Crippen LogP contribution in [-0.2, 0) is 4.74 Å². The molecule has 0 atom stereocenters. The summed E-state index contributed by atoms with van der Waals surface area (Å²) in [6.07, 6.45) is 0. The van der Waals surface area contributed by atoms with Gasteiger partial charge in [0.1, 0.15) is 0 Å². The van der Waals surface area contributed by atoms with Gasteiger partial charge in [0.25, 0.3) is 0 Å². The fourth-order valence-electron chi connectivity index (χ4n) is 0.807. The minimum Gasteiger partial charge on any atom is -0.465 e. The van der Waals surface area contributed by atoms with Crippen LogP contribution in [0.4, 0.5) is 5.69 Å². The van der Waals surface area contributed by atoms with Crippen molar-refractivity contribution in [3.8, 4) is 0 Å². The van der Waals surface area contributed by atoms with Crippen LogP contribution in [0.3, 0.4) is 0 Å². The van der Waals surface area contributed by atoms with Crippen LogP contribution in [-0.4, -0.2) is 13.1 Å². The SMILES string of the molecule is COC(=O)c1ccc(N)cc1Cl.Cl. The molecule has 0 heterocycles. The first kappa shape index (κ1) is 12.1. The Morgan fingerprint density at radius 2 is 2.15 bits per heavy atom. The summed E-state index contributed by atoms with van der Waals surface area (Å²) in [5.74, 6) is -0.458. The van der Waals surface area contributed by atoms with Gasteiger partial charge in [0.15, 0.2) is 0 Å². The lowest BCUT2D eigenvalue weighted by atomic mass is 10.2. The molecular weight excluding hydrogens is 213 g/mol. The smallest absolute Gasteiger partial charge is 0.339 e. The number of esters is 1. The highest BCUT2D eigenvalue weighted by atomic mass is 35.5. The number of rotatable bonds is 1. The lowest BCUT2D eigenvalue weighted by molar-refractivity contribution is 0.0601. The number of benzene rings is 1. The van der Waals surface area contributed by atoms with Crippen LogP contribution in [0.2, 0.25) is 5.02 Å². The number of halogens is 2. The van der Waals surface area contributed by atoms with Gasteiger partial charge in [-0.2, -0.15) is 0 Å². The van der Waals surface area contributed by atoms with Gasteiger partial charge in [-0.25, -0.2) is 4.79 Å². The van der Waals surface area contributed by atoms with E-state index in [1.54, 1.807) is 6.07 Å². The van der Waals surface area contributed by atoms with Crippen molar-refractivity contribution in [3.05, 3.63) is 28.8 Å². The van der Waals surface area contributed by atoms with E-state index in [0.29, 0.717) is 16.3 Å². The van der Waals surface area contributed by atoms with Gasteiger partial charge in [-0.1, -0.05) is 11.6 Å². The molecule has 1 aromatic rings. The largest absolute Gasteiger partial charge is 0.465 e. The van der Waals surface area contributed by atoms with Gasteiger partial charge in [-0.05, 0) is 18.2 Å². The molecule has 1 aromatic carbocycles. The van der Waals surface area contributed by atoms with Crippen molar-refractivity contribution < 1.29 is 9.53 Å². The second-order valence-electron chi connectivity index (χ2n) is 2.23. The van der Waals surface area contributed by atoms with E-state index in [4.69, 9.17) is 17.3 Å². The van der Waals surface area contributed by atoms with Crippen LogP contribution in [0.1, 0.15) is 10.4 Å². The number of nitrogen functional groups attached to an aromatic ring is 1. The van der Waals surface area contributed by atoms with Gasteiger partial charge < -0.3 is 10.5 Å². The molecule has 0 saturated carbocycles. The Kier molecular flexibility index (Phi) is 4.59. The maximum absolute atomic E-state index is 11.0. The molecule has 0 saturated heterocycles. The Morgan fingerprint density at radius 1 is 1.54 bits per heavy atom. The maximum Gasteiger partial charge on any atom is 0.339 e. The Morgan fingerprint density at radius 3 is 2.62 bits per heavy atom. The number of methoxy groups -OCH3 is 1. The molecular formula is C8H9Cl2NO2. The summed E-state index contributed by atoms with van der Waals surface area (Å²) in [7, 11) is 1.30. The highest BCUT2D eigenvalue weighted by Gasteiger charge is 2.09. The molecule has 5 heteroatoms. The number of ether oxygens (including phenoxy) is 1. The summed E-state index contributed by atoms with van der Waals surface area (Å²) in [6.45, 7) is 0. The van der Waals surface area contributed by atoms with E-state index in [9.17, 15) is 4.79 Å². The Labute approximate surface area is 87.2 Å². The molecule has 0 radical (unpaired) electrons. The third-order valence-electron chi connectivity index (χ3n) is 1.40. The van der Waals surface area contributed by atoms with E-state index in [1.807, 2.05) is 0 Å². The van der Waals surface area contributed by atoms with Gasteiger partial charge in [0.2, 0.25) is 0 Å². The molecule has 0 aromatic heterocycles. The van der Waals surface area contributed by atoms with Crippen molar-refractivity contribution in [2.24, 2.45) is 0 Å². The van der Waals surface area contributed by atoms with E-state index >= 15 is 0 Å². The Hall–Kier alpha value is -0.930. The second kappa shape index (κ2) is 4.94. The molecule has 0 amide bonds. The van der Waals surface area contributed by atoms with E-state index in [0.717, 1.165) is 0 Å². The second-order valence-corrected chi connectivity index (χ2v) is 2.64. The number of carbonyl (C=O) groups is 1. The molecule has 0 unspecified atom stereocenters. The van der Waals surface area contributed by atoms with Crippen molar-refractivity contribution >= 4 is 35.7 Å². The predicted molar refractivity (Wildman–Crippen MR) is 54.5 cm³/mol. The molecule has 0 bridgehead atoms. The van der Waals surface area contributed by atoms with E-state index in [1.165, 1.54) is 19.2 Å². The van der Waals surface area contributed by atoms with Crippen molar-refractivity contribution in [2.75, 3.05) is 12.8 Å². The Balaban J connectivity index is 0.00000144.